The molecule has 1 aromatic heterocycles. The number of aromatic nitrogens is 3. The van der Waals surface area contributed by atoms with Crippen molar-refractivity contribution in [3.05, 3.63) is 42.0 Å². The average Bonchev–Trinajstić information content (AvgIpc) is 2.91. The number of amides is 1. The van der Waals surface area contributed by atoms with Crippen LogP contribution in [0.2, 0.25) is 0 Å². The standard InChI is InChI=1S/C12H11F3N4OS/c1-7(10-16-6-17-19-10)18-11(20)8-2-4-9(5-3-8)21-12(13,14)15/h2-7H,1H3,(H,18,20)(H,16,17,19). The normalized spacial score (nSPS) is 13.0. The molecule has 0 fully saturated rings. The van der Waals surface area contributed by atoms with Gasteiger partial charge in [-0.1, -0.05) is 0 Å². The van der Waals surface area contributed by atoms with Crippen molar-refractivity contribution in [2.24, 2.45) is 0 Å². The Morgan fingerprint density at radius 2 is 2.00 bits per heavy atom. The maximum Gasteiger partial charge on any atom is 0.446 e. The Morgan fingerprint density at radius 1 is 1.33 bits per heavy atom. The Kier molecular flexibility index (Phi) is 4.51. The predicted octanol–water partition coefficient (Wildman–Crippen LogP) is 2.91. The summed E-state index contributed by atoms with van der Waals surface area (Å²) in [6, 6.07) is 4.81. The van der Waals surface area contributed by atoms with Gasteiger partial charge in [-0.2, -0.15) is 18.3 Å². The molecule has 0 bridgehead atoms. The molecule has 112 valence electrons. The number of H-pyrrole nitrogens is 1. The maximum absolute atomic E-state index is 12.2. The third-order valence-electron chi connectivity index (χ3n) is 2.54. The average molecular weight is 316 g/mol. The van der Waals surface area contributed by atoms with Crippen LogP contribution >= 0.6 is 11.8 Å². The number of halogens is 3. The Hall–Kier alpha value is -2.03. The molecule has 1 unspecified atom stereocenters. The van der Waals surface area contributed by atoms with E-state index in [0.717, 1.165) is 0 Å². The van der Waals surface area contributed by atoms with Crippen molar-refractivity contribution >= 4 is 17.7 Å². The molecule has 5 nitrogen and oxygen atoms in total. The summed E-state index contributed by atoms with van der Waals surface area (Å²) in [4.78, 5) is 15.9. The van der Waals surface area contributed by atoms with Crippen LogP contribution in [0, 0.1) is 0 Å². The van der Waals surface area contributed by atoms with Gasteiger partial charge in [-0.05, 0) is 43.0 Å². The number of carbonyl (C=O) groups excluding carboxylic acids is 1. The van der Waals surface area contributed by atoms with Crippen LogP contribution in [0.15, 0.2) is 35.5 Å². The molecule has 1 aromatic carbocycles. The lowest BCUT2D eigenvalue weighted by molar-refractivity contribution is -0.0328. The molecular formula is C12H11F3N4OS. The molecule has 2 rings (SSSR count). The van der Waals surface area contributed by atoms with Crippen molar-refractivity contribution in [3.8, 4) is 0 Å². The summed E-state index contributed by atoms with van der Waals surface area (Å²) in [6.07, 6.45) is 1.32. The molecule has 1 heterocycles. The van der Waals surface area contributed by atoms with Crippen LogP contribution in [-0.4, -0.2) is 26.6 Å². The number of hydrogen-bond acceptors (Lipinski definition) is 4. The zero-order chi connectivity index (χ0) is 15.5. The van der Waals surface area contributed by atoms with Crippen LogP contribution in [0.1, 0.15) is 29.1 Å². The molecule has 0 aliphatic rings. The first kappa shape index (κ1) is 15.4. The van der Waals surface area contributed by atoms with Gasteiger partial charge in [0.1, 0.15) is 12.2 Å². The number of nitrogens with one attached hydrogen (secondary N) is 2. The molecule has 1 amide bonds. The first-order valence-electron chi connectivity index (χ1n) is 5.87. The molecule has 2 aromatic rings. The Balaban J connectivity index is 2.00. The van der Waals surface area contributed by atoms with Gasteiger partial charge in [-0.3, -0.25) is 9.89 Å². The van der Waals surface area contributed by atoms with Crippen molar-refractivity contribution in [1.29, 1.82) is 0 Å². The Labute approximate surface area is 122 Å². The summed E-state index contributed by atoms with van der Waals surface area (Å²) in [5.41, 5.74) is -4.07. The summed E-state index contributed by atoms with van der Waals surface area (Å²) in [5, 5.41) is 8.96. The molecule has 9 heteroatoms. The number of benzene rings is 1. The van der Waals surface area contributed by atoms with E-state index < -0.39 is 11.4 Å². The zero-order valence-electron chi connectivity index (χ0n) is 10.8. The van der Waals surface area contributed by atoms with E-state index in [-0.39, 0.29) is 28.3 Å². The lowest BCUT2D eigenvalue weighted by atomic mass is 10.2. The minimum atomic E-state index is -4.34. The molecule has 0 aliphatic heterocycles. The van der Waals surface area contributed by atoms with Crippen LogP contribution < -0.4 is 5.32 Å². The van der Waals surface area contributed by atoms with Gasteiger partial charge >= 0.3 is 5.51 Å². The number of carbonyl (C=O) groups is 1. The molecule has 1 atom stereocenters. The minimum Gasteiger partial charge on any atom is -0.342 e. The maximum atomic E-state index is 12.2. The molecular weight excluding hydrogens is 305 g/mol. The second-order valence-corrected chi connectivity index (χ2v) is 5.28. The highest BCUT2D eigenvalue weighted by Crippen LogP contribution is 2.36. The van der Waals surface area contributed by atoms with Gasteiger partial charge in [0.2, 0.25) is 0 Å². The van der Waals surface area contributed by atoms with Crippen molar-refractivity contribution in [2.75, 3.05) is 0 Å². The molecule has 0 aliphatic carbocycles. The largest absolute Gasteiger partial charge is 0.446 e. The fraction of sp³-hybridized carbons (Fsp3) is 0.250. The number of aromatic amines is 1. The molecule has 2 N–H and O–H groups in total. The Morgan fingerprint density at radius 3 is 2.52 bits per heavy atom. The van der Waals surface area contributed by atoms with E-state index in [1.165, 1.54) is 30.6 Å². The van der Waals surface area contributed by atoms with Crippen LogP contribution in [-0.2, 0) is 0 Å². The SMILES string of the molecule is CC(NC(=O)c1ccc(SC(F)(F)F)cc1)c1ncn[nH]1. The van der Waals surface area contributed by atoms with E-state index in [0.29, 0.717) is 5.82 Å². The highest BCUT2D eigenvalue weighted by molar-refractivity contribution is 8.00. The van der Waals surface area contributed by atoms with Crippen molar-refractivity contribution < 1.29 is 18.0 Å². The lowest BCUT2D eigenvalue weighted by Crippen LogP contribution is -2.27. The van der Waals surface area contributed by atoms with Gasteiger partial charge < -0.3 is 5.32 Å². The first-order valence-corrected chi connectivity index (χ1v) is 6.69. The highest BCUT2D eigenvalue weighted by Gasteiger charge is 2.29. The van der Waals surface area contributed by atoms with Gasteiger partial charge in [-0.15, -0.1) is 0 Å². The summed E-state index contributed by atoms with van der Waals surface area (Å²) < 4.78 is 36.6. The Bertz CT molecular complexity index is 598. The van der Waals surface area contributed by atoms with Crippen LogP contribution in [0.3, 0.4) is 0 Å². The minimum absolute atomic E-state index is 0.0299. The first-order chi connectivity index (χ1) is 9.85. The van der Waals surface area contributed by atoms with Gasteiger partial charge in [-0.25, -0.2) is 4.98 Å². The monoisotopic (exact) mass is 316 g/mol. The summed E-state index contributed by atoms with van der Waals surface area (Å²) in [6.45, 7) is 1.71. The fourth-order valence-electron chi connectivity index (χ4n) is 1.58. The third kappa shape index (κ3) is 4.48. The van der Waals surface area contributed by atoms with E-state index in [4.69, 9.17) is 0 Å². The third-order valence-corrected chi connectivity index (χ3v) is 3.28. The zero-order valence-corrected chi connectivity index (χ0v) is 11.6. The van der Waals surface area contributed by atoms with Crippen molar-refractivity contribution in [2.45, 2.75) is 23.4 Å². The van der Waals surface area contributed by atoms with E-state index in [1.807, 2.05) is 0 Å². The van der Waals surface area contributed by atoms with Crippen molar-refractivity contribution in [1.82, 2.24) is 20.5 Å². The smallest absolute Gasteiger partial charge is 0.342 e. The molecule has 0 saturated carbocycles. The molecule has 0 radical (unpaired) electrons. The number of nitrogens with zero attached hydrogens (tertiary/aromatic N) is 2. The van der Waals surface area contributed by atoms with Crippen LogP contribution in [0.5, 0.6) is 0 Å². The van der Waals surface area contributed by atoms with Crippen LogP contribution in [0.4, 0.5) is 13.2 Å². The second-order valence-electron chi connectivity index (χ2n) is 4.14. The van der Waals surface area contributed by atoms with E-state index in [9.17, 15) is 18.0 Å². The van der Waals surface area contributed by atoms with Gasteiger partial charge in [0, 0.05) is 10.5 Å². The highest BCUT2D eigenvalue weighted by atomic mass is 32.2. The van der Waals surface area contributed by atoms with Crippen LogP contribution in [0.25, 0.3) is 0 Å². The number of alkyl halides is 3. The van der Waals surface area contributed by atoms with E-state index in [2.05, 4.69) is 20.5 Å². The molecule has 21 heavy (non-hydrogen) atoms. The number of rotatable bonds is 4. The van der Waals surface area contributed by atoms with Gasteiger partial charge in [0.15, 0.2) is 0 Å². The summed E-state index contributed by atoms with van der Waals surface area (Å²) in [5.74, 6) is 0.0926. The van der Waals surface area contributed by atoms with E-state index >= 15 is 0 Å². The topological polar surface area (TPSA) is 70.7 Å². The second kappa shape index (κ2) is 6.17. The van der Waals surface area contributed by atoms with E-state index in [1.54, 1.807) is 6.92 Å². The number of thioether (sulfide) groups is 1. The quantitative estimate of drug-likeness (QED) is 0.851. The molecule has 0 spiro atoms. The summed E-state index contributed by atoms with van der Waals surface area (Å²) >= 11 is -0.222. The van der Waals surface area contributed by atoms with Crippen molar-refractivity contribution in [3.63, 3.8) is 0 Å². The fourth-order valence-corrected chi connectivity index (χ4v) is 2.12. The van der Waals surface area contributed by atoms with Gasteiger partial charge in [0.05, 0.1) is 6.04 Å². The lowest BCUT2D eigenvalue weighted by Gasteiger charge is -2.11. The summed E-state index contributed by atoms with van der Waals surface area (Å²) in [7, 11) is 0. The molecule has 0 saturated heterocycles. The van der Waals surface area contributed by atoms with Gasteiger partial charge in [0.25, 0.3) is 5.91 Å². The predicted molar refractivity (Wildman–Crippen MR) is 70.6 cm³/mol. The number of hydrogen-bond donors (Lipinski definition) is 2.